The van der Waals surface area contributed by atoms with Crippen molar-refractivity contribution in [1.82, 2.24) is 9.47 Å². The van der Waals surface area contributed by atoms with Crippen molar-refractivity contribution in [1.29, 1.82) is 0 Å². The molecule has 1 aliphatic heterocycles. The zero-order chi connectivity index (χ0) is 20.9. The van der Waals surface area contributed by atoms with Crippen molar-refractivity contribution in [2.45, 2.75) is 32.2 Å². The van der Waals surface area contributed by atoms with Crippen LogP contribution >= 0.6 is 0 Å². The summed E-state index contributed by atoms with van der Waals surface area (Å²) in [7, 11) is -0.753. The first-order valence-corrected chi connectivity index (χ1v) is 12.5. The van der Waals surface area contributed by atoms with Gasteiger partial charge < -0.3 is 14.2 Å². The maximum Gasteiger partial charge on any atom is 0.306 e. The van der Waals surface area contributed by atoms with Crippen LogP contribution in [-0.4, -0.2) is 63.5 Å². The van der Waals surface area contributed by atoms with Crippen molar-refractivity contribution < 1.29 is 9.53 Å². The molecule has 3 rings (SSSR count). The number of piperazine rings is 1. The SMILES string of the molecule is COC(=O)CCN1CCN([Si](c2ccccc2)(c2ccccc2)C(C)(C)C)CC1. The van der Waals surface area contributed by atoms with E-state index in [4.69, 9.17) is 4.74 Å². The van der Waals surface area contributed by atoms with Crippen molar-refractivity contribution in [2.24, 2.45) is 0 Å². The zero-order valence-corrected chi connectivity index (χ0v) is 19.2. The zero-order valence-electron chi connectivity index (χ0n) is 18.2. The lowest BCUT2D eigenvalue weighted by molar-refractivity contribution is -0.141. The molecule has 1 saturated heterocycles. The summed E-state index contributed by atoms with van der Waals surface area (Å²) in [4.78, 5) is 13.9. The summed E-state index contributed by atoms with van der Waals surface area (Å²) in [5.74, 6) is -0.126. The second-order valence-electron chi connectivity index (χ2n) is 8.85. The molecule has 29 heavy (non-hydrogen) atoms. The first kappa shape index (κ1) is 21.7. The van der Waals surface area contributed by atoms with Crippen LogP contribution in [0.2, 0.25) is 5.04 Å². The Labute approximate surface area is 176 Å². The van der Waals surface area contributed by atoms with Crippen LogP contribution in [0.5, 0.6) is 0 Å². The molecule has 156 valence electrons. The molecule has 1 fully saturated rings. The lowest BCUT2D eigenvalue weighted by Gasteiger charge is -2.53. The maximum atomic E-state index is 11.5. The molecule has 0 bridgehead atoms. The average molecular weight is 411 g/mol. The van der Waals surface area contributed by atoms with Crippen LogP contribution in [0.1, 0.15) is 27.2 Å². The Bertz CT molecular complexity index is 742. The molecule has 5 heteroatoms. The lowest BCUT2D eigenvalue weighted by atomic mass is 10.2. The van der Waals surface area contributed by atoms with Crippen LogP contribution in [-0.2, 0) is 9.53 Å². The van der Waals surface area contributed by atoms with Gasteiger partial charge in [0.15, 0.2) is 8.24 Å². The van der Waals surface area contributed by atoms with Crippen LogP contribution in [0.4, 0.5) is 0 Å². The van der Waals surface area contributed by atoms with Gasteiger partial charge >= 0.3 is 5.97 Å². The minimum atomic E-state index is -2.21. The molecular weight excluding hydrogens is 376 g/mol. The average Bonchev–Trinajstić information content (AvgIpc) is 2.74. The van der Waals surface area contributed by atoms with Gasteiger partial charge in [-0.15, -0.1) is 0 Å². The van der Waals surface area contributed by atoms with Gasteiger partial charge in [0.2, 0.25) is 0 Å². The van der Waals surface area contributed by atoms with Gasteiger partial charge in [-0.2, -0.15) is 0 Å². The summed E-state index contributed by atoms with van der Waals surface area (Å²) in [6, 6.07) is 22.3. The molecule has 2 aromatic carbocycles. The largest absolute Gasteiger partial charge is 0.469 e. The highest BCUT2D eigenvalue weighted by Crippen LogP contribution is 2.38. The minimum absolute atomic E-state index is 0.126. The van der Waals surface area contributed by atoms with Gasteiger partial charge in [0.1, 0.15) is 0 Å². The fourth-order valence-corrected chi connectivity index (χ4v) is 10.9. The Balaban J connectivity index is 1.94. The molecule has 0 spiro atoms. The number of ether oxygens (including phenoxy) is 1. The number of carbonyl (C=O) groups excluding carboxylic acids is 1. The molecule has 2 aromatic rings. The van der Waals surface area contributed by atoms with Crippen LogP contribution in [0.3, 0.4) is 0 Å². The van der Waals surface area contributed by atoms with Gasteiger partial charge in [-0.25, -0.2) is 0 Å². The van der Waals surface area contributed by atoms with E-state index >= 15 is 0 Å². The summed E-state index contributed by atoms with van der Waals surface area (Å²) in [5.41, 5.74) is 0. The normalized spacial score (nSPS) is 16.6. The molecule has 0 N–H and O–H groups in total. The first-order valence-electron chi connectivity index (χ1n) is 10.5. The summed E-state index contributed by atoms with van der Waals surface area (Å²) in [5, 5.41) is 3.08. The second-order valence-corrected chi connectivity index (χ2v) is 13.6. The number of nitrogens with zero attached hydrogens (tertiary/aromatic N) is 2. The lowest BCUT2D eigenvalue weighted by Crippen LogP contribution is -2.77. The van der Waals surface area contributed by atoms with E-state index < -0.39 is 8.24 Å². The number of esters is 1. The Morgan fingerprint density at radius 3 is 1.79 bits per heavy atom. The third-order valence-electron chi connectivity index (χ3n) is 6.17. The standard InChI is InChI=1S/C24H34N2O2Si/c1-24(2,3)29(21-11-7-5-8-12-21,22-13-9-6-10-14-22)26-19-17-25(18-20-26)16-15-23(27)28-4/h5-14H,15-20H2,1-4H3. The van der Waals surface area contributed by atoms with E-state index in [1.54, 1.807) is 0 Å². The fraction of sp³-hybridized carbons (Fsp3) is 0.458. The van der Waals surface area contributed by atoms with Crippen molar-refractivity contribution >= 4 is 24.6 Å². The van der Waals surface area contributed by atoms with E-state index in [9.17, 15) is 4.79 Å². The van der Waals surface area contributed by atoms with Gasteiger partial charge in [-0.05, 0) is 15.4 Å². The van der Waals surface area contributed by atoms with E-state index in [-0.39, 0.29) is 11.0 Å². The summed E-state index contributed by atoms with van der Waals surface area (Å²) < 4.78 is 7.59. The highest BCUT2D eigenvalue weighted by atomic mass is 28.3. The van der Waals surface area contributed by atoms with E-state index in [1.165, 1.54) is 17.5 Å². The predicted octanol–water partition coefficient (Wildman–Crippen LogP) is 2.73. The van der Waals surface area contributed by atoms with Gasteiger partial charge in [-0.1, -0.05) is 81.4 Å². The van der Waals surface area contributed by atoms with Gasteiger partial charge in [0.05, 0.1) is 13.5 Å². The van der Waals surface area contributed by atoms with E-state index in [0.29, 0.717) is 6.42 Å². The second kappa shape index (κ2) is 9.24. The smallest absolute Gasteiger partial charge is 0.306 e. The molecule has 4 nitrogen and oxygen atoms in total. The molecule has 0 unspecified atom stereocenters. The number of hydrogen-bond donors (Lipinski definition) is 0. The fourth-order valence-electron chi connectivity index (χ4n) is 4.89. The minimum Gasteiger partial charge on any atom is -0.469 e. The monoisotopic (exact) mass is 410 g/mol. The Morgan fingerprint density at radius 1 is 0.897 bits per heavy atom. The van der Waals surface area contributed by atoms with Crippen molar-refractivity contribution in [3.8, 4) is 0 Å². The Morgan fingerprint density at radius 2 is 1.38 bits per heavy atom. The van der Waals surface area contributed by atoms with E-state index in [0.717, 1.165) is 32.7 Å². The van der Waals surface area contributed by atoms with E-state index in [1.807, 2.05) is 0 Å². The molecule has 0 atom stereocenters. The number of benzene rings is 2. The van der Waals surface area contributed by atoms with Crippen LogP contribution in [0.25, 0.3) is 0 Å². The summed E-state index contributed by atoms with van der Waals surface area (Å²) >= 11 is 0. The molecule has 0 aromatic heterocycles. The van der Waals surface area contributed by atoms with Crippen molar-refractivity contribution in [3.63, 3.8) is 0 Å². The first-order chi connectivity index (χ1) is 13.9. The van der Waals surface area contributed by atoms with Crippen molar-refractivity contribution in [3.05, 3.63) is 60.7 Å². The molecule has 1 heterocycles. The van der Waals surface area contributed by atoms with Crippen LogP contribution in [0, 0.1) is 0 Å². The predicted molar refractivity (Wildman–Crippen MR) is 122 cm³/mol. The highest BCUT2D eigenvalue weighted by Gasteiger charge is 2.52. The summed E-state index contributed by atoms with van der Waals surface area (Å²) in [6.45, 7) is 12.0. The van der Waals surface area contributed by atoms with Gasteiger partial charge in [-0.3, -0.25) is 4.79 Å². The quantitative estimate of drug-likeness (QED) is 0.542. The van der Waals surface area contributed by atoms with Gasteiger partial charge in [0, 0.05) is 32.7 Å². The molecular formula is C24H34N2O2Si. The Hall–Kier alpha value is -1.95. The van der Waals surface area contributed by atoms with Gasteiger partial charge in [0.25, 0.3) is 0 Å². The third kappa shape index (κ3) is 4.47. The topological polar surface area (TPSA) is 32.8 Å². The number of carbonyl (C=O) groups is 1. The number of hydrogen-bond acceptors (Lipinski definition) is 4. The molecule has 0 amide bonds. The number of methoxy groups -OCH3 is 1. The van der Waals surface area contributed by atoms with E-state index in [2.05, 4.69) is 90.9 Å². The molecule has 1 aliphatic rings. The highest BCUT2D eigenvalue weighted by molar-refractivity contribution is 7.02. The summed E-state index contributed by atoms with van der Waals surface area (Å²) in [6.07, 6.45) is 0.468. The van der Waals surface area contributed by atoms with Crippen LogP contribution in [0.15, 0.2) is 60.7 Å². The number of rotatable bonds is 6. The molecule has 0 saturated carbocycles. The Kier molecular flexibility index (Phi) is 6.93. The molecule has 0 radical (unpaired) electrons. The van der Waals surface area contributed by atoms with Crippen molar-refractivity contribution in [2.75, 3.05) is 39.8 Å². The maximum absolute atomic E-state index is 11.5. The molecule has 0 aliphatic carbocycles. The third-order valence-corrected chi connectivity index (χ3v) is 12.1. The van der Waals surface area contributed by atoms with Crippen LogP contribution < -0.4 is 10.4 Å².